The summed E-state index contributed by atoms with van der Waals surface area (Å²) in [5, 5.41) is 32.1. The Balaban J connectivity index is 0.000000201. The van der Waals surface area contributed by atoms with E-state index < -0.39 is 11.9 Å². The van der Waals surface area contributed by atoms with Gasteiger partial charge in [0.2, 0.25) is 0 Å². The van der Waals surface area contributed by atoms with Gasteiger partial charge < -0.3 is 30.6 Å². The molecule has 2 aliphatic rings. The van der Waals surface area contributed by atoms with Crippen LogP contribution in [0.2, 0.25) is 0 Å². The van der Waals surface area contributed by atoms with Crippen LogP contribution >= 0.6 is 11.3 Å². The van der Waals surface area contributed by atoms with E-state index in [9.17, 15) is 19.8 Å². The molecule has 4 heterocycles. The maximum absolute atomic E-state index is 11.8. The summed E-state index contributed by atoms with van der Waals surface area (Å²) in [6, 6.07) is 22.1. The van der Waals surface area contributed by atoms with Gasteiger partial charge in [0.05, 0.1) is 17.1 Å². The average molecular weight is 713 g/mol. The second-order valence-electron chi connectivity index (χ2n) is 11.4. The molecular formula is C41H40N6O4S. The van der Waals surface area contributed by atoms with Gasteiger partial charge in [0.25, 0.3) is 0 Å². The number of thiophene rings is 1. The molecule has 0 atom stereocenters. The predicted octanol–water partition coefficient (Wildman–Crippen LogP) is 7.90. The summed E-state index contributed by atoms with van der Waals surface area (Å²) in [6.45, 7) is 12.5. The fraction of sp³-hybridized carbons (Fsp3) is 0.0976. The minimum Gasteiger partial charge on any atom is -0.476 e. The minimum absolute atomic E-state index is 0.146. The largest absolute Gasteiger partial charge is 0.476 e. The smallest absolute Gasteiger partial charge is 0.355 e. The number of hydrogen-bond donors (Lipinski definition) is 4. The number of benzene rings is 2. The van der Waals surface area contributed by atoms with Crippen molar-refractivity contribution in [1.82, 2.24) is 30.2 Å². The zero-order chi connectivity index (χ0) is 37.0. The third-order valence-electron chi connectivity index (χ3n) is 7.95. The molecule has 0 spiro atoms. The highest BCUT2D eigenvalue weighted by atomic mass is 32.1. The summed E-state index contributed by atoms with van der Waals surface area (Å²) in [7, 11) is 0. The van der Waals surface area contributed by atoms with Crippen LogP contribution in [-0.4, -0.2) is 41.7 Å². The van der Waals surface area contributed by atoms with Crippen LogP contribution < -0.4 is 10.6 Å². The highest BCUT2D eigenvalue weighted by Gasteiger charge is 2.25. The summed E-state index contributed by atoms with van der Waals surface area (Å²) in [5.74, 6) is -2.01. The molecule has 0 saturated carbocycles. The fourth-order valence-electron chi connectivity index (χ4n) is 5.50. The van der Waals surface area contributed by atoms with Crippen molar-refractivity contribution in [3.8, 4) is 16.1 Å². The Hall–Kier alpha value is -6.59. The number of carboxylic acids is 2. The Morgan fingerprint density at radius 1 is 0.769 bits per heavy atom. The number of nitrogens with one attached hydrogen (secondary N) is 2. The van der Waals surface area contributed by atoms with Crippen LogP contribution in [0.15, 0.2) is 181 Å². The molecule has 0 fully saturated rings. The summed E-state index contributed by atoms with van der Waals surface area (Å²) in [4.78, 5) is 27.9. The van der Waals surface area contributed by atoms with E-state index in [1.807, 2.05) is 56.4 Å². The number of allylic oxidation sites excluding steroid dienone is 6. The molecule has 4 N–H and O–H groups in total. The van der Waals surface area contributed by atoms with E-state index in [0.717, 1.165) is 16.8 Å². The van der Waals surface area contributed by atoms with E-state index >= 15 is 0 Å². The van der Waals surface area contributed by atoms with Gasteiger partial charge in [-0.25, -0.2) is 14.3 Å². The summed E-state index contributed by atoms with van der Waals surface area (Å²) in [5.41, 5.74) is 6.83. The number of aliphatic carboxylic acids is 2. The third kappa shape index (κ3) is 8.76. The standard InChI is InChI=1S/C21H20N2O2S.C20H20N4O2/c1-3-12-23-15(2)6-11-18(20(23)21(24)25)22-14-16-7-9-17(10-8-16)19-5-4-13-26-19;1-3-12-23-15(2)9-10-17(19(23)20(25)26)21-14-16-7-4-5-8-18(16)24-13-6-11-22-24/h3-13,22H,2,14H2,1H3,(H,24,25);3-13,21H,2,14H2,1H3,(H,25,26)/b2*12-3-. The van der Waals surface area contributed by atoms with Gasteiger partial charge in [0.15, 0.2) is 11.4 Å². The lowest BCUT2D eigenvalue weighted by molar-refractivity contribution is -0.135. The molecule has 2 aromatic carbocycles. The molecule has 52 heavy (non-hydrogen) atoms. The first-order valence-corrected chi connectivity index (χ1v) is 17.3. The average Bonchev–Trinajstić information content (AvgIpc) is 3.89. The molecule has 0 unspecified atom stereocenters. The molecule has 2 aromatic heterocycles. The maximum atomic E-state index is 11.8. The molecule has 0 saturated heterocycles. The SMILES string of the molecule is C=C1C=CC(NCc2ccc(-c3cccs3)cc2)=C(C(=O)O)N1/C=C\C.C=C1C=CC(NCc2ccccc2-n2cccn2)=C(C(=O)O)N1/C=C\C. The molecule has 4 aromatic rings. The van der Waals surface area contributed by atoms with Gasteiger partial charge in [-0.15, -0.1) is 11.3 Å². The Morgan fingerprint density at radius 3 is 1.88 bits per heavy atom. The van der Waals surface area contributed by atoms with Crippen molar-refractivity contribution in [3.63, 3.8) is 0 Å². The maximum Gasteiger partial charge on any atom is 0.355 e. The number of carboxylic acid groups (broad SMARTS) is 2. The lowest BCUT2D eigenvalue weighted by atomic mass is 10.1. The van der Waals surface area contributed by atoms with Crippen LogP contribution in [0.1, 0.15) is 25.0 Å². The summed E-state index contributed by atoms with van der Waals surface area (Å²) < 4.78 is 1.79. The molecule has 0 radical (unpaired) electrons. The Bertz CT molecular complexity index is 2100. The monoisotopic (exact) mass is 712 g/mol. The molecule has 0 bridgehead atoms. The number of aromatic nitrogens is 2. The van der Waals surface area contributed by atoms with E-state index in [2.05, 4.69) is 64.6 Å². The van der Waals surface area contributed by atoms with Crippen molar-refractivity contribution in [2.24, 2.45) is 0 Å². The Morgan fingerprint density at radius 2 is 1.37 bits per heavy atom. The quantitative estimate of drug-likeness (QED) is 0.116. The fourth-order valence-corrected chi connectivity index (χ4v) is 6.23. The van der Waals surface area contributed by atoms with Crippen molar-refractivity contribution in [2.75, 3.05) is 0 Å². The topological polar surface area (TPSA) is 123 Å². The van der Waals surface area contributed by atoms with Gasteiger partial charge >= 0.3 is 11.9 Å². The summed E-state index contributed by atoms with van der Waals surface area (Å²) in [6.07, 6.45) is 17.6. The van der Waals surface area contributed by atoms with Gasteiger partial charge in [-0.2, -0.15) is 5.10 Å². The van der Waals surface area contributed by atoms with Crippen LogP contribution in [0.25, 0.3) is 16.1 Å². The minimum atomic E-state index is -1.02. The van der Waals surface area contributed by atoms with E-state index in [4.69, 9.17) is 0 Å². The van der Waals surface area contributed by atoms with Gasteiger partial charge in [-0.3, -0.25) is 0 Å². The lowest BCUT2D eigenvalue weighted by Crippen LogP contribution is -2.29. The van der Waals surface area contributed by atoms with Crippen molar-refractivity contribution in [2.45, 2.75) is 26.9 Å². The number of para-hydroxylation sites is 1. The highest BCUT2D eigenvalue weighted by molar-refractivity contribution is 7.13. The second kappa shape index (κ2) is 17.4. The Labute approximate surface area is 307 Å². The van der Waals surface area contributed by atoms with Crippen LogP contribution in [0.5, 0.6) is 0 Å². The Kier molecular flexibility index (Phi) is 12.3. The highest BCUT2D eigenvalue weighted by Crippen LogP contribution is 2.27. The molecule has 264 valence electrons. The zero-order valence-corrected chi connectivity index (χ0v) is 29.8. The second-order valence-corrected chi connectivity index (χ2v) is 12.4. The number of rotatable bonds is 12. The molecule has 11 heteroatoms. The van der Waals surface area contributed by atoms with Crippen molar-refractivity contribution in [1.29, 1.82) is 0 Å². The van der Waals surface area contributed by atoms with E-state index in [1.165, 1.54) is 10.4 Å². The zero-order valence-electron chi connectivity index (χ0n) is 28.9. The lowest BCUT2D eigenvalue weighted by Gasteiger charge is -2.27. The van der Waals surface area contributed by atoms with Crippen molar-refractivity contribution < 1.29 is 19.8 Å². The van der Waals surface area contributed by atoms with E-state index in [1.54, 1.807) is 80.9 Å². The molecular weight excluding hydrogens is 673 g/mol. The first kappa shape index (κ1) is 36.7. The molecule has 6 rings (SSSR count). The van der Waals surface area contributed by atoms with Gasteiger partial charge in [-0.1, -0.05) is 73.8 Å². The van der Waals surface area contributed by atoms with Crippen LogP contribution in [0.4, 0.5) is 0 Å². The van der Waals surface area contributed by atoms with Crippen LogP contribution in [0, 0.1) is 0 Å². The molecule has 0 amide bonds. The third-order valence-corrected chi connectivity index (χ3v) is 8.87. The first-order valence-electron chi connectivity index (χ1n) is 16.4. The van der Waals surface area contributed by atoms with Crippen LogP contribution in [0.3, 0.4) is 0 Å². The van der Waals surface area contributed by atoms with Gasteiger partial charge in [0, 0.05) is 54.2 Å². The van der Waals surface area contributed by atoms with Gasteiger partial charge in [-0.05, 0) is 78.4 Å². The molecule has 2 aliphatic heterocycles. The summed E-state index contributed by atoms with van der Waals surface area (Å²) >= 11 is 1.71. The number of carbonyl (C=O) groups is 2. The molecule has 10 nitrogen and oxygen atoms in total. The van der Waals surface area contributed by atoms with Gasteiger partial charge in [0.1, 0.15) is 0 Å². The number of nitrogens with zero attached hydrogens (tertiary/aromatic N) is 4. The van der Waals surface area contributed by atoms with Crippen molar-refractivity contribution in [3.05, 3.63) is 192 Å². The predicted molar refractivity (Wildman–Crippen MR) is 206 cm³/mol. The molecule has 0 aliphatic carbocycles. The normalized spacial score (nSPS) is 14.3. The number of hydrogen-bond acceptors (Lipinski definition) is 8. The van der Waals surface area contributed by atoms with E-state index in [-0.39, 0.29) is 11.4 Å². The van der Waals surface area contributed by atoms with Crippen molar-refractivity contribution >= 4 is 23.3 Å². The van der Waals surface area contributed by atoms with E-state index in [0.29, 0.717) is 35.9 Å². The first-order chi connectivity index (χ1) is 25.2. The van der Waals surface area contributed by atoms with Crippen LogP contribution in [-0.2, 0) is 22.7 Å².